The number of halogens is 1. The second-order valence-electron chi connectivity index (χ2n) is 4.50. The van der Waals surface area contributed by atoms with Gasteiger partial charge >= 0.3 is 5.97 Å². The van der Waals surface area contributed by atoms with Crippen LogP contribution < -0.4 is 14.8 Å². The second kappa shape index (κ2) is 6.83. The van der Waals surface area contributed by atoms with E-state index in [1.54, 1.807) is 0 Å². The van der Waals surface area contributed by atoms with Gasteiger partial charge in [0.25, 0.3) is 5.91 Å². The zero-order valence-corrected chi connectivity index (χ0v) is 14.2. The number of methoxy groups -OCH3 is 1. The Labute approximate surface area is 140 Å². The molecule has 0 bridgehead atoms. The first-order valence-corrected chi connectivity index (χ1v) is 8.53. The maximum atomic E-state index is 12.4. The van der Waals surface area contributed by atoms with Gasteiger partial charge in [-0.2, -0.15) is 4.72 Å². The third-order valence-corrected chi connectivity index (χ3v) is 5.35. The van der Waals surface area contributed by atoms with Crippen LogP contribution in [0.25, 0.3) is 0 Å². The molecule has 2 rings (SSSR count). The van der Waals surface area contributed by atoms with Gasteiger partial charge in [-0.05, 0) is 22.0 Å². The Hall–Kier alpha value is -1.69. The second-order valence-corrected chi connectivity index (χ2v) is 7.03. The molecule has 0 spiro atoms. The Kier molecular flexibility index (Phi) is 5.24. The predicted molar refractivity (Wildman–Crippen MR) is 81.5 cm³/mol. The van der Waals surface area contributed by atoms with Crippen molar-refractivity contribution in [2.24, 2.45) is 0 Å². The van der Waals surface area contributed by atoms with Crippen LogP contribution in [0.4, 0.5) is 5.69 Å². The summed E-state index contributed by atoms with van der Waals surface area (Å²) in [5.41, 5.74) is 0.318. The first kappa shape index (κ1) is 17.7. The lowest BCUT2D eigenvalue weighted by molar-refractivity contribution is -0.143. The molecule has 1 amide bonds. The van der Waals surface area contributed by atoms with Crippen LogP contribution in [0.3, 0.4) is 0 Å². The van der Waals surface area contributed by atoms with Crippen molar-refractivity contribution >= 4 is 43.5 Å². The Morgan fingerprint density at radius 1 is 1.57 bits per heavy atom. The van der Waals surface area contributed by atoms with Crippen molar-refractivity contribution in [3.05, 3.63) is 16.6 Å². The van der Waals surface area contributed by atoms with Crippen LogP contribution in [-0.4, -0.2) is 51.8 Å². The van der Waals surface area contributed by atoms with Crippen molar-refractivity contribution in [1.29, 1.82) is 0 Å². The number of sulfonamides is 1. The van der Waals surface area contributed by atoms with Gasteiger partial charge < -0.3 is 19.9 Å². The van der Waals surface area contributed by atoms with Gasteiger partial charge in [-0.25, -0.2) is 8.42 Å². The van der Waals surface area contributed by atoms with Crippen LogP contribution >= 0.6 is 15.9 Å². The van der Waals surface area contributed by atoms with E-state index in [0.717, 1.165) is 7.11 Å². The maximum Gasteiger partial charge on any atom is 0.326 e. The van der Waals surface area contributed by atoms with E-state index in [1.165, 1.54) is 12.1 Å². The molecule has 0 saturated heterocycles. The number of carbonyl (C=O) groups is 2. The third-order valence-electron chi connectivity index (χ3n) is 2.92. The minimum atomic E-state index is -4.15. The molecule has 1 aromatic carbocycles. The molecule has 1 atom stereocenters. The summed E-state index contributed by atoms with van der Waals surface area (Å²) in [6.45, 7) is -0.996. The normalized spacial score (nSPS) is 15.2. The van der Waals surface area contributed by atoms with Crippen LogP contribution in [0.1, 0.15) is 0 Å². The molecule has 9 nitrogen and oxygen atoms in total. The van der Waals surface area contributed by atoms with E-state index in [9.17, 15) is 18.0 Å². The molecular formula is C12H13BrN2O7S. The highest BCUT2D eigenvalue weighted by atomic mass is 79.9. The van der Waals surface area contributed by atoms with Crippen LogP contribution in [-0.2, 0) is 24.3 Å². The van der Waals surface area contributed by atoms with E-state index in [1.807, 2.05) is 4.72 Å². The molecule has 0 saturated carbocycles. The summed E-state index contributed by atoms with van der Waals surface area (Å²) in [4.78, 5) is 22.4. The lowest BCUT2D eigenvalue weighted by Crippen LogP contribution is -2.44. The minimum Gasteiger partial charge on any atom is -0.482 e. The van der Waals surface area contributed by atoms with Crippen molar-refractivity contribution in [3.63, 3.8) is 0 Å². The van der Waals surface area contributed by atoms with E-state index in [2.05, 4.69) is 26.0 Å². The minimum absolute atomic E-state index is 0.149. The molecule has 0 fully saturated rings. The highest BCUT2D eigenvalue weighted by Gasteiger charge is 2.29. The molecule has 0 unspecified atom stereocenters. The van der Waals surface area contributed by atoms with Gasteiger partial charge in [-0.3, -0.25) is 9.59 Å². The van der Waals surface area contributed by atoms with Gasteiger partial charge in [-0.15, -0.1) is 0 Å². The number of hydrogen-bond donors (Lipinski definition) is 3. The number of hydrogen-bond acceptors (Lipinski definition) is 7. The van der Waals surface area contributed by atoms with Gasteiger partial charge in [0.05, 0.1) is 19.4 Å². The van der Waals surface area contributed by atoms with Gasteiger partial charge in [0, 0.05) is 10.5 Å². The van der Waals surface area contributed by atoms with Crippen molar-refractivity contribution in [2.75, 3.05) is 25.6 Å². The molecule has 0 aliphatic carbocycles. The summed E-state index contributed by atoms with van der Waals surface area (Å²) in [6.07, 6.45) is 0. The molecule has 1 aromatic rings. The number of ether oxygens (including phenoxy) is 2. The molecule has 1 aliphatic heterocycles. The molecule has 23 heavy (non-hydrogen) atoms. The SMILES string of the molecule is COC(=O)[C@H](CO)NS(=O)(=O)c1cc2c(cc1Br)NC(=O)CO2. The average Bonchev–Trinajstić information content (AvgIpc) is 2.50. The molecule has 0 aromatic heterocycles. The van der Waals surface area contributed by atoms with Crippen LogP contribution in [0.2, 0.25) is 0 Å². The maximum absolute atomic E-state index is 12.4. The monoisotopic (exact) mass is 408 g/mol. The van der Waals surface area contributed by atoms with E-state index in [-0.39, 0.29) is 27.6 Å². The number of anilines is 1. The number of benzene rings is 1. The van der Waals surface area contributed by atoms with Crippen molar-refractivity contribution < 1.29 is 32.6 Å². The summed E-state index contributed by atoms with van der Waals surface area (Å²) in [5.74, 6) is -1.11. The number of aliphatic hydroxyl groups excluding tert-OH is 1. The lowest BCUT2D eigenvalue weighted by Gasteiger charge is -2.20. The van der Waals surface area contributed by atoms with E-state index in [4.69, 9.17) is 9.84 Å². The van der Waals surface area contributed by atoms with Crippen molar-refractivity contribution in [3.8, 4) is 5.75 Å². The first-order chi connectivity index (χ1) is 10.8. The average molecular weight is 409 g/mol. The largest absolute Gasteiger partial charge is 0.482 e. The van der Waals surface area contributed by atoms with Crippen molar-refractivity contribution in [2.45, 2.75) is 10.9 Å². The molecule has 1 aliphatic rings. The zero-order valence-electron chi connectivity index (χ0n) is 11.8. The molecular weight excluding hydrogens is 396 g/mol. The van der Waals surface area contributed by atoms with E-state index < -0.39 is 28.6 Å². The molecule has 1 heterocycles. The summed E-state index contributed by atoms with van der Waals surface area (Å²) in [5, 5.41) is 11.7. The first-order valence-electron chi connectivity index (χ1n) is 6.25. The highest BCUT2D eigenvalue weighted by Crippen LogP contribution is 2.35. The topological polar surface area (TPSA) is 131 Å². The Morgan fingerprint density at radius 2 is 2.26 bits per heavy atom. The van der Waals surface area contributed by atoms with E-state index >= 15 is 0 Å². The number of aliphatic hydroxyl groups is 1. The summed E-state index contributed by atoms with van der Waals surface area (Å²) in [7, 11) is -3.08. The number of carbonyl (C=O) groups excluding carboxylic acids is 2. The smallest absolute Gasteiger partial charge is 0.326 e. The fourth-order valence-electron chi connectivity index (χ4n) is 1.84. The molecule has 3 N–H and O–H groups in total. The van der Waals surface area contributed by atoms with Gasteiger partial charge in [0.1, 0.15) is 16.7 Å². The number of fused-ring (bicyclic) bond motifs is 1. The molecule has 126 valence electrons. The lowest BCUT2D eigenvalue weighted by atomic mass is 10.2. The van der Waals surface area contributed by atoms with Crippen LogP contribution in [0.15, 0.2) is 21.5 Å². The quantitative estimate of drug-likeness (QED) is 0.564. The van der Waals surface area contributed by atoms with Crippen LogP contribution in [0.5, 0.6) is 5.75 Å². The highest BCUT2D eigenvalue weighted by molar-refractivity contribution is 9.10. The summed E-state index contributed by atoms with van der Waals surface area (Å²) < 4.78 is 36.5. The number of esters is 1. The van der Waals surface area contributed by atoms with Crippen LogP contribution in [0, 0.1) is 0 Å². The fraction of sp³-hybridized carbons (Fsp3) is 0.333. The number of nitrogens with one attached hydrogen (secondary N) is 2. The third kappa shape index (κ3) is 3.80. The number of amides is 1. The Balaban J connectivity index is 2.36. The van der Waals surface area contributed by atoms with Gasteiger partial charge in [0.2, 0.25) is 10.0 Å². The van der Waals surface area contributed by atoms with Gasteiger partial charge in [-0.1, -0.05) is 0 Å². The fourth-order valence-corrected chi connectivity index (χ4v) is 4.07. The molecule has 0 radical (unpaired) electrons. The van der Waals surface area contributed by atoms with Crippen molar-refractivity contribution in [1.82, 2.24) is 4.72 Å². The summed E-state index contributed by atoms with van der Waals surface area (Å²) in [6, 6.07) is 1.13. The van der Waals surface area contributed by atoms with Gasteiger partial charge in [0.15, 0.2) is 6.61 Å². The number of rotatable bonds is 5. The Bertz CT molecular complexity index is 750. The standard InChI is InChI=1S/C12H13BrN2O7S/c1-21-12(18)8(4-16)15-23(19,20)10-3-9-7(2-6(10)13)14-11(17)5-22-9/h2-3,8,15-16H,4-5H2,1H3,(H,14,17)/t8-/m0/s1. The Morgan fingerprint density at radius 3 is 2.87 bits per heavy atom. The molecule has 11 heteroatoms. The predicted octanol–water partition coefficient (Wildman–Crippen LogP) is -0.408. The summed E-state index contributed by atoms with van der Waals surface area (Å²) >= 11 is 3.09. The van der Waals surface area contributed by atoms with E-state index in [0.29, 0.717) is 5.69 Å². The zero-order chi connectivity index (χ0) is 17.2.